The summed E-state index contributed by atoms with van der Waals surface area (Å²) in [5, 5.41) is 0. The lowest BCUT2D eigenvalue weighted by atomic mass is 10.0. The molecule has 0 bridgehead atoms. The highest BCUT2D eigenvalue weighted by Gasteiger charge is 2.14. The van der Waals surface area contributed by atoms with Gasteiger partial charge in [-0.1, -0.05) is 31.0 Å². The van der Waals surface area contributed by atoms with Gasteiger partial charge in [-0.3, -0.25) is 4.99 Å². The van der Waals surface area contributed by atoms with Crippen LogP contribution < -0.4 is 11.3 Å². The van der Waals surface area contributed by atoms with E-state index in [1.807, 2.05) is 0 Å². The van der Waals surface area contributed by atoms with Crippen LogP contribution in [0, 0.1) is 13.8 Å². The van der Waals surface area contributed by atoms with Crippen LogP contribution in [-0.4, -0.2) is 11.9 Å². The van der Waals surface area contributed by atoms with E-state index in [2.05, 4.69) is 37.5 Å². The SMILES string of the molecule is Cc1ccc(CC(=NC2CCCC2)NN)cc1C. The van der Waals surface area contributed by atoms with Crippen LogP contribution in [0.15, 0.2) is 23.2 Å². The van der Waals surface area contributed by atoms with Gasteiger partial charge in [0.2, 0.25) is 0 Å². The van der Waals surface area contributed by atoms with Gasteiger partial charge in [0.1, 0.15) is 5.84 Å². The van der Waals surface area contributed by atoms with Crippen molar-refractivity contribution in [2.24, 2.45) is 10.8 Å². The van der Waals surface area contributed by atoms with Gasteiger partial charge in [-0.25, -0.2) is 5.84 Å². The Morgan fingerprint density at radius 3 is 2.61 bits per heavy atom. The third kappa shape index (κ3) is 3.33. The van der Waals surface area contributed by atoms with E-state index in [0.717, 1.165) is 12.3 Å². The Balaban J connectivity index is 2.07. The van der Waals surface area contributed by atoms with Crippen LogP contribution in [0.25, 0.3) is 0 Å². The molecular weight excluding hydrogens is 222 g/mol. The first-order valence-electron chi connectivity index (χ1n) is 6.78. The molecular formula is C15H23N3. The highest BCUT2D eigenvalue weighted by Crippen LogP contribution is 2.21. The zero-order valence-electron chi connectivity index (χ0n) is 11.4. The van der Waals surface area contributed by atoms with Gasteiger partial charge in [-0.2, -0.15) is 0 Å². The van der Waals surface area contributed by atoms with Crippen molar-refractivity contribution in [3.63, 3.8) is 0 Å². The standard InChI is InChI=1S/C15H23N3/c1-11-7-8-13(9-12(11)2)10-15(18-16)17-14-5-3-4-6-14/h7-9,14H,3-6,10,16H2,1-2H3,(H,17,18). The number of nitrogens with one attached hydrogen (secondary N) is 1. The topological polar surface area (TPSA) is 50.4 Å². The molecule has 0 atom stereocenters. The molecule has 0 amide bonds. The lowest BCUT2D eigenvalue weighted by molar-refractivity contribution is 0.697. The first-order valence-corrected chi connectivity index (χ1v) is 6.78. The van der Waals surface area contributed by atoms with E-state index in [0.29, 0.717) is 6.04 Å². The molecule has 1 aromatic rings. The Morgan fingerprint density at radius 2 is 2.00 bits per heavy atom. The van der Waals surface area contributed by atoms with Gasteiger partial charge in [0, 0.05) is 6.42 Å². The molecule has 98 valence electrons. The summed E-state index contributed by atoms with van der Waals surface area (Å²) in [5.41, 5.74) is 6.68. The number of hydrogen-bond acceptors (Lipinski definition) is 2. The maximum absolute atomic E-state index is 5.59. The molecule has 1 fully saturated rings. The Hall–Kier alpha value is -1.35. The molecule has 0 radical (unpaired) electrons. The number of rotatable bonds is 3. The third-order valence-corrected chi connectivity index (χ3v) is 3.77. The summed E-state index contributed by atoms with van der Waals surface area (Å²) in [6.45, 7) is 4.27. The van der Waals surface area contributed by atoms with Gasteiger partial charge in [-0.15, -0.1) is 0 Å². The fraction of sp³-hybridized carbons (Fsp3) is 0.533. The Labute approximate surface area is 109 Å². The molecule has 3 N–H and O–H groups in total. The molecule has 1 aliphatic rings. The molecule has 18 heavy (non-hydrogen) atoms. The second-order valence-corrected chi connectivity index (χ2v) is 5.25. The van der Waals surface area contributed by atoms with Crippen molar-refractivity contribution in [2.75, 3.05) is 0 Å². The van der Waals surface area contributed by atoms with Crippen LogP contribution in [0.4, 0.5) is 0 Å². The summed E-state index contributed by atoms with van der Waals surface area (Å²) >= 11 is 0. The summed E-state index contributed by atoms with van der Waals surface area (Å²) in [4.78, 5) is 4.72. The average Bonchev–Trinajstić information content (AvgIpc) is 2.86. The fourth-order valence-electron chi connectivity index (χ4n) is 2.49. The molecule has 1 aromatic carbocycles. The zero-order valence-corrected chi connectivity index (χ0v) is 11.4. The highest BCUT2D eigenvalue weighted by atomic mass is 15.3. The first-order chi connectivity index (χ1) is 8.69. The number of aryl methyl sites for hydroxylation is 2. The molecule has 1 aliphatic carbocycles. The molecule has 0 aromatic heterocycles. The first kappa shape index (κ1) is 13.1. The maximum Gasteiger partial charge on any atom is 0.115 e. The van der Waals surface area contributed by atoms with Crippen molar-refractivity contribution in [3.05, 3.63) is 34.9 Å². The number of nitrogens with two attached hydrogens (primary N) is 1. The van der Waals surface area contributed by atoms with E-state index >= 15 is 0 Å². The predicted octanol–water partition coefficient (Wildman–Crippen LogP) is 2.65. The summed E-state index contributed by atoms with van der Waals surface area (Å²) in [7, 11) is 0. The summed E-state index contributed by atoms with van der Waals surface area (Å²) in [6, 6.07) is 7.01. The predicted molar refractivity (Wildman–Crippen MR) is 76.6 cm³/mol. The summed E-state index contributed by atoms with van der Waals surface area (Å²) in [5.74, 6) is 6.49. The van der Waals surface area contributed by atoms with Crippen molar-refractivity contribution in [1.29, 1.82) is 0 Å². The molecule has 1 saturated carbocycles. The van der Waals surface area contributed by atoms with Crippen molar-refractivity contribution in [1.82, 2.24) is 5.43 Å². The molecule has 3 nitrogen and oxygen atoms in total. The Kier molecular flexibility index (Phi) is 4.37. The minimum atomic E-state index is 0.475. The molecule has 0 saturated heterocycles. The van der Waals surface area contributed by atoms with E-state index in [-0.39, 0.29) is 0 Å². The van der Waals surface area contributed by atoms with Crippen LogP contribution in [0.5, 0.6) is 0 Å². The van der Waals surface area contributed by atoms with Crippen LogP contribution in [0.3, 0.4) is 0 Å². The monoisotopic (exact) mass is 245 g/mol. The molecule has 0 spiro atoms. The van der Waals surface area contributed by atoms with E-state index < -0.39 is 0 Å². The van der Waals surface area contributed by atoms with Gasteiger partial charge in [0.05, 0.1) is 6.04 Å². The minimum absolute atomic E-state index is 0.475. The van der Waals surface area contributed by atoms with Gasteiger partial charge < -0.3 is 5.43 Å². The largest absolute Gasteiger partial charge is 0.312 e. The van der Waals surface area contributed by atoms with Crippen molar-refractivity contribution >= 4 is 5.84 Å². The maximum atomic E-state index is 5.59. The number of hydrazine groups is 1. The molecule has 2 rings (SSSR count). The lowest BCUT2D eigenvalue weighted by Gasteiger charge is -2.10. The smallest absolute Gasteiger partial charge is 0.115 e. The van der Waals surface area contributed by atoms with Crippen molar-refractivity contribution in [2.45, 2.75) is 52.0 Å². The van der Waals surface area contributed by atoms with Crippen LogP contribution in [0.2, 0.25) is 0 Å². The molecule has 3 heteroatoms. The number of aliphatic imine (C=N–C) groups is 1. The quantitative estimate of drug-likeness (QED) is 0.372. The number of nitrogens with zero attached hydrogens (tertiary/aromatic N) is 1. The van der Waals surface area contributed by atoms with E-state index in [4.69, 9.17) is 10.8 Å². The fourth-order valence-corrected chi connectivity index (χ4v) is 2.49. The Bertz CT molecular complexity index is 431. The lowest BCUT2D eigenvalue weighted by Crippen LogP contribution is -2.33. The number of amidine groups is 1. The molecule has 0 aliphatic heterocycles. The van der Waals surface area contributed by atoms with Crippen LogP contribution in [0.1, 0.15) is 42.4 Å². The summed E-state index contributed by atoms with van der Waals surface area (Å²) < 4.78 is 0. The molecule has 0 unspecified atom stereocenters. The van der Waals surface area contributed by atoms with Gasteiger partial charge >= 0.3 is 0 Å². The van der Waals surface area contributed by atoms with Gasteiger partial charge in [-0.05, 0) is 43.4 Å². The normalized spacial score (nSPS) is 17.2. The van der Waals surface area contributed by atoms with Gasteiger partial charge in [0.25, 0.3) is 0 Å². The van der Waals surface area contributed by atoms with Crippen molar-refractivity contribution in [3.8, 4) is 0 Å². The van der Waals surface area contributed by atoms with Gasteiger partial charge in [0.15, 0.2) is 0 Å². The second-order valence-electron chi connectivity index (χ2n) is 5.25. The second kappa shape index (κ2) is 6.01. The average molecular weight is 245 g/mol. The minimum Gasteiger partial charge on any atom is -0.312 e. The van der Waals surface area contributed by atoms with Crippen LogP contribution in [-0.2, 0) is 6.42 Å². The zero-order chi connectivity index (χ0) is 13.0. The Morgan fingerprint density at radius 1 is 1.28 bits per heavy atom. The van der Waals surface area contributed by atoms with E-state index in [1.54, 1.807) is 0 Å². The van der Waals surface area contributed by atoms with Crippen LogP contribution >= 0.6 is 0 Å². The highest BCUT2D eigenvalue weighted by molar-refractivity contribution is 5.84. The third-order valence-electron chi connectivity index (χ3n) is 3.77. The van der Waals surface area contributed by atoms with E-state index in [1.165, 1.54) is 42.4 Å². The number of hydrogen-bond donors (Lipinski definition) is 2. The molecule has 0 heterocycles. The summed E-state index contributed by atoms with van der Waals surface area (Å²) in [6.07, 6.45) is 5.82. The number of benzene rings is 1. The van der Waals surface area contributed by atoms with Crippen molar-refractivity contribution < 1.29 is 0 Å². The van der Waals surface area contributed by atoms with E-state index in [9.17, 15) is 0 Å².